The van der Waals surface area contributed by atoms with Crippen LogP contribution in [0.15, 0.2) is 58.3 Å². The van der Waals surface area contributed by atoms with Crippen molar-refractivity contribution in [3.63, 3.8) is 0 Å². The van der Waals surface area contributed by atoms with E-state index in [4.69, 9.17) is 18.9 Å². The second kappa shape index (κ2) is 11.3. The van der Waals surface area contributed by atoms with E-state index in [0.717, 1.165) is 11.3 Å². The van der Waals surface area contributed by atoms with Crippen molar-refractivity contribution in [2.75, 3.05) is 27.4 Å². The first-order valence-corrected chi connectivity index (χ1v) is 13.0. The highest BCUT2D eigenvalue weighted by Crippen LogP contribution is 2.47. The SMILES string of the molecule is COc1ccc([C@H]2C(C(=O)OCCOC(C)C)=C(C)NC3=C2C(=O)C[C@H](c2cccs2)C3)cc1OC. The number of thiophene rings is 1. The molecule has 7 nitrogen and oxygen atoms in total. The van der Waals surface area contributed by atoms with Crippen LogP contribution in [0.25, 0.3) is 0 Å². The van der Waals surface area contributed by atoms with Gasteiger partial charge in [0.2, 0.25) is 0 Å². The Labute approximate surface area is 216 Å². The second-order valence-electron chi connectivity index (χ2n) is 9.20. The largest absolute Gasteiger partial charge is 0.493 e. The lowest BCUT2D eigenvalue weighted by Gasteiger charge is -2.36. The van der Waals surface area contributed by atoms with Crippen molar-refractivity contribution in [2.45, 2.75) is 51.6 Å². The molecule has 2 heterocycles. The molecule has 0 spiro atoms. The molecule has 2 aliphatic rings. The molecule has 1 aliphatic heterocycles. The van der Waals surface area contributed by atoms with Gasteiger partial charge in [-0.2, -0.15) is 0 Å². The molecule has 0 fully saturated rings. The van der Waals surface area contributed by atoms with Gasteiger partial charge >= 0.3 is 5.97 Å². The first-order chi connectivity index (χ1) is 17.3. The quantitative estimate of drug-likeness (QED) is 0.371. The van der Waals surface area contributed by atoms with Gasteiger partial charge < -0.3 is 24.3 Å². The molecule has 1 aliphatic carbocycles. The topological polar surface area (TPSA) is 83.1 Å². The van der Waals surface area contributed by atoms with Crippen LogP contribution in [0.1, 0.15) is 55.9 Å². The van der Waals surface area contributed by atoms with E-state index >= 15 is 0 Å². The summed E-state index contributed by atoms with van der Waals surface area (Å²) in [5.74, 6) is 0.217. The number of nitrogens with one attached hydrogen (secondary N) is 1. The third kappa shape index (κ3) is 5.34. The van der Waals surface area contributed by atoms with Crippen molar-refractivity contribution in [2.24, 2.45) is 0 Å². The molecule has 4 rings (SSSR count). The van der Waals surface area contributed by atoms with Crippen LogP contribution < -0.4 is 14.8 Å². The van der Waals surface area contributed by atoms with E-state index in [1.165, 1.54) is 4.88 Å². The van der Waals surface area contributed by atoms with Crippen molar-refractivity contribution in [1.29, 1.82) is 0 Å². The Hall–Kier alpha value is -3.10. The number of carbonyl (C=O) groups excluding carboxylic acids is 2. The zero-order valence-electron chi connectivity index (χ0n) is 21.4. The molecule has 36 heavy (non-hydrogen) atoms. The third-order valence-corrected chi connectivity index (χ3v) is 7.54. The van der Waals surface area contributed by atoms with E-state index in [-0.39, 0.29) is 24.4 Å². The average Bonchev–Trinajstić information content (AvgIpc) is 3.40. The lowest BCUT2D eigenvalue weighted by atomic mass is 9.72. The van der Waals surface area contributed by atoms with Gasteiger partial charge in [0.25, 0.3) is 0 Å². The van der Waals surface area contributed by atoms with Gasteiger partial charge in [-0.05, 0) is 56.3 Å². The molecule has 0 unspecified atom stereocenters. The number of ketones is 1. The summed E-state index contributed by atoms with van der Waals surface area (Å²) in [6.45, 7) is 6.15. The number of ether oxygens (including phenoxy) is 4. The van der Waals surface area contributed by atoms with Crippen LogP contribution in [-0.4, -0.2) is 45.3 Å². The number of methoxy groups -OCH3 is 2. The number of hydrogen-bond acceptors (Lipinski definition) is 8. The molecule has 0 bridgehead atoms. The first-order valence-electron chi connectivity index (χ1n) is 12.1. The molecule has 2 atom stereocenters. The number of hydrogen-bond donors (Lipinski definition) is 1. The van der Waals surface area contributed by atoms with Crippen LogP contribution in [0, 0.1) is 0 Å². The minimum atomic E-state index is -0.573. The van der Waals surface area contributed by atoms with Gasteiger partial charge in [0.15, 0.2) is 17.3 Å². The molecular formula is C28H33NO6S. The number of allylic oxidation sites excluding steroid dienone is 3. The smallest absolute Gasteiger partial charge is 0.336 e. The van der Waals surface area contributed by atoms with Crippen LogP contribution in [0.2, 0.25) is 0 Å². The van der Waals surface area contributed by atoms with Gasteiger partial charge in [0.05, 0.1) is 32.5 Å². The summed E-state index contributed by atoms with van der Waals surface area (Å²) in [7, 11) is 3.14. The molecule has 0 saturated heterocycles. The number of carbonyl (C=O) groups is 2. The molecule has 2 aromatic rings. The zero-order chi connectivity index (χ0) is 25.8. The van der Waals surface area contributed by atoms with Crippen LogP contribution in [-0.2, 0) is 19.1 Å². The molecule has 0 saturated carbocycles. The van der Waals surface area contributed by atoms with E-state index in [1.54, 1.807) is 31.6 Å². The Morgan fingerprint density at radius 1 is 1.11 bits per heavy atom. The maximum absolute atomic E-state index is 13.7. The first kappa shape index (κ1) is 26.0. The Morgan fingerprint density at radius 2 is 1.89 bits per heavy atom. The van der Waals surface area contributed by atoms with Crippen LogP contribution in [0.3, 0.4) is 0 Å². The van der Waals surface area contributed by atoms with E-state index in [9.17, 15) is 9.59 Å². The predicted molar refractivity (Wildman–Crippen MR) is 138 cm³/mol. The molecule has 192 valence electrons. The number of esters is 1. The molecule has 1 N–H and O–H groups in total. The average molecular weight is 512 g/mol. The highest BCUT2D eigenvalue weighted by Gasteiger charge is 2.41. The molecular weight excluding hydrogens is 478 g/mol. The molecule has 1 aromatic carbocycles. The Balaban J connectivity index is 1.73. The fourth-order valence-electron chi connectivity index (χ4n) is 4.90. The van der Waals surface area contributed by atoms with Gasteiger partial charge in [0.1, 0.15) is 6.61 Å². The Kier molecular flexibility index (Phi) is 8.16. The lowest BCUT2D eigenvalue weighted by Crippen LogP contribution is -2.36. The van der Waals surface area contributed by atoms with E-state index in [0.29, 0.717) is 47.8 Å². The fraction of sp³-hybridized carbons (Fsp3) is 0.429. The predicted octanol–water partition coefficient (Wildman–Crippen LogP) is 5.10. The van der Waals surface area contributed by atoms with Gasteiger partial charge in [-0.1, -0.05) is 12.1 Å². The normalized spacial score (nSPS) is 19.8. The molecule has 0 amide bonds. The number of dihydropyridines is 1. The highest BCUT2D eigenvalue weighted by molar-refractivity contribution is 7.10. The van der Waals surface area contributed by atoms with Crippen molar-refractivity contribution in [1.82, 2.24) is 5.32 Å². The summed E-state index contributed by atoms with van der Waals surface area (Å²) in [5.41, 5.74) is 3.36. The Morgan fingerprint density at radius 3 is 2.56 bits per heavy atom. The summed E-state index contributed by atoms with van der Waals surface area (Å²) in [6, 6.07) is 9.60. The van der Waals surface area contributed by atoms with E-state index < -0.39 is 11.9 Å². The summed E-state index contributed by atoms with van der Waals surface area (Å²) in [6.07, 6.45) is 1.14. The maximum atomic E-state index is 13.7. The minimum absolute atomic E-state index is 0.0304. The molecule has 8 heteroatoms. The third-order valence-electron chi connectivity index (χ3n) is 6.50. The van der Waals surface area contributed by atoms with Gasteiger partial charge in [-0.25, -0.2) is 4.79 Å². The van der Waals surface area contributed by atoms with Crippen molar-refractivity contribution >= 4 is 23.1 Å². The highest BCUT2D eigenvalue weighted by atomic mass is 32.1. The van der Waals surface area contributed by atoms with Crippen LogP contribution >= 0.6 is 11.3 Å². The molecule has 1 aromatic heterocycles. The monoisotopic (exact) mass is 511 g/mol. The van der Waals surface area contributed by atoms with Gasteiger partial charge in [-0.3, -0.25) is 4.79 Å². The lowest BCUT2D eigenvalue weighted by molar-refractivity contribution is -0.141. The van der Waals surface area contributed by atoms with E-state index in [2.05, 4.69) is 11.4 Å². The number of Topliss-reactive ketones (excluding diaryl/α,β-unsaturated/α-hetero) is 1. The van der Waals surface area contributed by atoms with Crippen molar-refractivity contribution in [3.05, 3.63) is 68.7 Å². The standard InChI is InChI=1S/C28H33NO6S/c1-16(2)34-10-11-35-28(31)25-17(3)29-20-13-19(24-7-6-12-36-24)14-21(30)27(20)26(25)18-8-9-22(32-4)23(15-18)33-5/h6-9,12,15-16,19,26,29H,10-11,13-14H2,1-5H3/t19-,26+/m1/s1. The fourth-order valence-corrected chi connectivity index (χ4v) is 5.73. The number of benzene rings is 1. The van der Waals surface area contributed by atoms with Gasteiger partial charge in [0, 0.05) is 40.1 Å². The minimum Gasteiger partial charge on any atom is -0.493 e. The Bertz CT molecular complexity index is 1180. The van der Waals surface area contributed by atoms with Gasteiger partial charge in [-0.15, -0.1) is 11.3 Å². The van der Waals surface area contributed by atoms with Crippen LogP contribution in [0.4, 0.5) is 0 Å². The second-order valence-corrected chi connectivity index (χ2v) is 10.2. The van der Waals surface area contributed by atoms with Crippen molar-refractivity contribution < 1.29 is 28.5 Å². The summed E-state index contributed by atoms with van der Waals surface area (Å²) < 4.78 is 22.1. The van der Waals surface area contributed by atoms with E-state index in [1.807, 2.05) is 44.4 Å². The summed E-state index contributed by atoms with van der Waals surface area (Å²) in [5, 5.41) is 5.42. The zero-order valence-corrected chi connectivity index (χ0v) is 22.2. The molecule has 0 radical (unpaired) electrons. The number of rotatable bonds is 9. The summed E-state index contributed by atoms with van der Waals surface area (Å²) >= 11 is 1.67. The summed E-state index contributed by atoms with van der Waals surface area (Å²) in [4.78, 5) is 28.2. The maximum Gasteiger partial charge on any atom is 0.336 e. The van der Waals surface area contributed by atoms with Crippen LogP contribution in [0.5, 0.6) is 11.5 Å². The van der Waals surface area contributed by atoms with Crippen molar-refractivity contribution in [3.8, 4) is 11.5 Å².